The number of benzene rings is 1. The highest BCUT2D eigenvalue weighted by molar-refractivity contribution is 9.10. The number of unbranched alkanes of at least 4 members (excludes halogenated alkanes) is 1. The fourth-order valence-corrected chi connectivity index (χ4v) is 1.87. The zero-order valence-electron chi connectivity index (χ0n) is 9.53. The Hall–Kier alpha value is -1.03. The predicted molar refractivity (Wildman–Crippen MR) is 69.3 cm³/mol. The summed E-state index contributed by atoms with van der Waals surface area (Å²) in [6.45, 7) is 2.99. The highest BCUT2D eigenvalue weighted by Gasteiger charge is 2.13. The van der Waals surface area contributed by atoms with Crippen LogP contribution in [0.4, 0.5) is 5.69 Å². The Morgan fingerprint density at radius 1 is 1.50 bits per heavy atom. The molecule has 1 N–H and O–H groups in total. The summed E-state index contributed by atoms with van der Waals surface area (Å²) >= 11 is 3.36. The largest absolute Gasteiger partial charge is 0.478 e. The highest BCUT2D eigenvalue weighted by atomic mass is 79.9. The molecule has 0 atom stereocenters. The Kier molecular flexibility index (Phi) is 4.80. The lowest BCUT2D eigenvalue weighted by Gasteiger charge is -2.21. The first-order valence-electron chi connectivity index (χ1n) is 5.30. The van der Waals surface area contributed by atoms with E-state index in [1.165, 1.54) is 0 Å². The van der Waals surface area contributed by atoms with Crippen LogP contribution in [0.15, 0.2) is 22.7 Å². The van der Waals surface area contributed by atoms with Gasteiger partial charge in [0.2, 0.25) is 0 Å². The van der Waals surface area contributed by atoms with Gasteiger partial charge in [0, 0.05) is 18.1 Å². The minimum Gasteiger partial charge on any atom is -0.478 e. The lowest BCUT2D eigenvalue weighted by atomic mass is 10.1. The van der Waals surface area contributed by atoms with Crippen LogP contribution in [0, 0.1) is 0 Å². The van der Waals surface area contributed by atoms with Crippen LogP contribution in [-0.4, -0.2) is 24.7 Å². The summed E-state index contributed by atoms with van der Waals surface area (Å²) in [7, 11) is 1.92. The van der Waals surface area contributed by atoms with Crippen molar-refractivity contribution < 1.29 is 9.90 Å². The second-order valence-electron chi connectivity index (χ2n) is 3.74. The van der Waals surface area contributed by atoms with E-state index in [1.807, 2.05) is 18.0 Å². The predicted octanol–water partition coefficient (Wildman–Crippen LogP) is 3.38. The number of hydrogen-bond acceptors (Lipinski definition) is 2. The Balaban J connectivity index is 2.99. The van der Waals surface area contributed by atoms with Gasteiger partial charge in [0.1, 0.15) is 0 Å². The number of carboxylic acids is 1. The first kappa shape index (κ1) is 13.0. The monoisotopic (exact) mass is 285 g/mol. The van der Waals surface area contributed by atoms with E-state index in [0.717, 1.165) is 29.5 Å². The average molecular weight is 286 g/mol. The van der Waals surface area contributed by atoms with Gasteiger partial charge >= 0.3 is 5.97 Å². The van der Waals surface area contributed by atoms with Gasteiger partial charge in [0.25, 0.3) is 0 Å². The van der Waals surface area contributed by atoms with Gasteiger partial charge in [0.15, 0.2) is 0 Å². The quantitative estimate of drug-likeness (QED) is 0.902. The molecule has 4 heteroatoms. The van der Waals surface area contributed by atoms with Gasteiger partial charge in [-0.25, -0.2) is 4.79 Å². The van der Waals surface area contributed by atoms with E-state index in [1.54, 1.807) is 12.1 Å². The number of aromatic carboxylic acids is 1. The summed E-state index contributed by atoms with van der Waals surface area (Å²) in [5.74, 6) is -0.883. The molecule has 16 heavy (non-hydrogen) atoms. The van der Waals surface area contributed by atoms with Crippen molar-refractivity contribution in [3.63, 3.8) is 0 Å². The van der Waals surface area contributed by atoms with Gasteiger partial charge in [0.05, 0.1) is 11.3 Å². The van der Waals surface area contributed by atoms with Crippen LogP contribution in [-0.2, 0) is 0 Å². The zero-order chi connectivity index (χ0) is 12.1. The van der Waals surface area contributed by atoms with E-state index < -0.39 is 5.97 Å². The smallest absolute Gasteiger partial charge is 0.337 e. The van der Waals surface area contributed by atoms with Crippen molar-refractivity contribution in [2.45, 2.75) is 19.8 Å². The van der Waals surface area contributed by atoms with E-state index in [0.29, 0.717) is 5.56 Å². The van der Waals surface area contributed by atoms with Crippen molar-refractivity contribution in [3.8, 4) is 0 Å². The molecule has 0 aliphatic heterocycles. The fraction of sp³-hybridized carbons (Fsp3) is 0.417. The van der Waals surface area contributed by atoms with E-state index in [2.05, 4.69) is 22.9 Å². The topological polar surface area (TPSA) is 40.5 Å². The standard InChI is InChI=1S/C12H16BrNO2/c1-3-4-7-14(2)11-8-9(13)5-6-10(11)12(15)16/h5-6,8H,3-4,7H2,1-2H3,(H,15,16). The van der Waals surface area contributed by atoms with Crippen LogP contribution >= 0.6 is 15.9 Å². The molecule has 0 amide bonds. The molecule has 0 radical (unpaired) electrons. The Labute approximate surface area is 104 Å². The van der Waals surface area contributed by atoms with Crippen molar-refractivity contribution in [2.75, 3.05) is 18.5 Å². The van der Waals surface area contributed by atoms with E-state index in [9.17, 15) is 4.79 Å². The lowest BCUT2D eigenvalue weighted by molar-refractivity contribution is 0.0697. The molecule has 0 aromatic heterocycles. The molecule has 0 spiro atoms. The van der Waals surface area contributed by atoms with Crippen LogP contribution in [0.3, 0.4) is 0 Å². The first-order valence-corrected chi connectivity index (χ1v) is 6.09. The van der Waals surface area contributed by atoms with Gasteiger partial charge in [-0.3, -0.25) is 0 Å². The number of carboxylic acid groups (broad SMARTS) is 1. The van der Waals surface area contributed by atoms with E-state index in [4.69, 9.17) is 5.11 Å². The summed E-state index contributed by atoms with van der Waals surface area (Å²) in [5.41, 5.74) is 1.11. The van der Waals surface area contributed by atoms with Crippen molar-refractivity contribution in [2.24, 2.45) is 0 Å². The van der Waals surface area contributed by atoms with Gasteiger partial charge in [-0.1, -0.05) is 29.3 Å². The number of anilines is 1. The molecule has 0 heterocycles. The van der Waals surface area contributed by atoms with Crippen molar-refractivity contribution in [1.29, 1.82) is 0 Å². The average Bonchev–Trinajstić information content (AvgIpc) is 2.25. The third-order valence-electron chi connectivity index (χ3n) is 2.45. The summed E-state index contributed by atoms with van der Waals surface area (Å²) in [4.78, 5) is 13.1. The second-order valence-corrected chi connectivity index (χ2v) is 4.66. The molecule has 0 saturated carbocycles. The van der Waals surface area contributed by atoms with Gasteiger partial charge in [-0.2, -0.15) is 0 Å². The summed E-state index contributed by atoms with van der Waals surface area (Å²) in [6, 6.07) is 5.23. The molecule has 0 saturated heterocycles. The van der Waals surface area contributed by atoms with Gasteiger partial charge in [-0.05, 0) is 24.6 Å². The Bertz CT molecular complexity index is 379. The molecule has 88 valence electrons. The normalized spacial score (nSPS) is 10.2. The SMILES string of the molecule is CCCCN(C)c1cc(Br)ccc1C(=O)O. The molecular formula is C12H16BrNO2. The molecule has 1 aromatic rings. The zero-order valence-corrected chi connectivity index (χ0v) is 11.1. The summed E-state index contributed by atoms with van der Waals surface area (Å²) < 4.78 is 0.899. The molecule has 0 aliphatic rings. The molecule has 0 unspecified atom stereocenters. The maximum absolute atomic E-state index is 11.1. The maximum Gasteiger partial charge on any atom is 0.337 e. The Morgan fingerprint density at radius 2 is 2.19 bits per heavy atom. The highest BCUT2D eigenvalue weighted by Crippen LogP contribution is 2.24. The van der Waals surface area contributed by atoms with E-state index in [-0.39, 0.29) is 0 Å². The van der Waals surface area contributed by atoms with Crippen LogP contribution in [0.5, 0.6) is 0 Å². The summed E-state index contributed by atoms with van der Waals surface area (Å²) in [5, 5.41) is 9.09. The van der Waals surface area contributed by atoms with Crippen molar-refractivity contribution in [3.05, 3.63) is 28.2 Å². The van der Waals surface area contributed by atoms with Crippen LogP contribution in [0.25, 0.3) is 0 Å². The number of halogens is 1. The molecule has 3 nitrogen and oxygen atoms in total. The Morgan fingerprint density at radius 3 is 2.75 bits per heavy atom. The maximum atomic E-state index is 11.1. The van der Waals surface area contributed by atoms with Crippen molar-refractivity contribution in [1.82, 2.24) is 0 Å². The number of rotatable bonds is 5. The third kappa shape index (κ3) is 3.23. The number of nitrogens with zero attached hydrogens (tertiary/aromatic N) is 1. The molecular weight excluding hydrogens is 270 g/mol. The van der Waals surface area contributed by atoms with Gasteiger partial charge < -0.3 is 10.0 Å². The summed E-state index contributed by atoms with van der Waals surface area (Å²) in [6.07, 6.45) is 2.16. The molecule has 1 rings (SSSR count). The van der Waals surface area contributed by atoms with Crippen LogP contribution in [0.2, 0.25) is 0 Å². The van der Waals surface area contributed by atoms with Gasteiger partial charge in [-0.15, -0.1) is 0 Å². The number of carbonyl (C=O) groups is 1. The van der Waals surface area contributed by atoms with Crippen LogP contribution in [0.1, 0.15) is 30.1 Å². The lowest BCUT2D eigenvalue weighted by Crippen LogP contribution is -2.21. The van der Waals surface area contributed by atoms with Crippen molar-refractivity contribution >= 4 is 27.6 Å². The molecule has 1 aromatic carbocycles. The second kappa shape index (κ2) is 5.89. The molecule has 0 aliphatic carbocycles. The molecule has 0 fully saturated rings. The fourth-order valence-electron chi connectivity index (χ4n) is 1.52. The number of hydrogen-bond donors (Lipinski definition) is 1. The first-order chi connectivity index (χ1) is 7.56. The third-order valence-corrected chi connectivity index (χ3v) is 2.94. The minimum absolute atomic E-state index is 0.349. The van der Waals surface area contributed by atoms with E-state index >= 15 is 0 Å². The van der Waals surface area contributed by atoms with Crippen LogP contribution < -0.4 is 4.90 Å². The molecule has 0 bridgehead atoms. The minimum atomic E-state index is -0.883.